The van der Waals surface area contributed by atoms with Crippen LogP contribution in [0.25, 0.3) is 0 Å². The van der Waals surface area contributed by atoms with E-state index in [4.69, 9.17) is 29.0 Å². The molecule has 0 radical (unpaired) electrons. The summed E-state index contributed by atoms with van der Waals surface area (Å²) >= 11 is 0. The average molecular weight is 476 g/mol. The van der Waals surface area contributed by atoms with Crippen LogP contribution in [0.5, 0.6) is 0 Å². The summed E-state index contributed by atoms with van der Waals surface area (Å²) in [6, 6.07) is 0.950. The molecule has 0 spiro atoms. The van der Waals surface area contributed by atoms with Gasteiger partial charge in [0.1, 0.15) is 18.3 Å². The molecule has 6 N–H and O–H groups in total. The van der Waals surface area contributed by atoms with Gasteiger partial charge < -0.3 is 34.2 Å². The highest BCUT2D eigenvalue weighted by Gasteiger charge is 2.52. The van der Waals surface area contributed by atoms with Crippen molar-refractivity contribution >= 4 is 15.6 Å². The molecule has 2 rings (SSSR count). The maximum Gasteiger partial charge on any atom is 0.496 e. The van der Waals surface area contributed by atoms with Crippen molar-refractivity contribution in [2.75, 3.05) is 6.61 Å². The monoisotopic (exact) mass is 476 g/mol. The van der Waals surface area contributed by atoms with Crippen LogP contribution in [0, 0.1) is 0 Å². The van der Waals surface area contributed by atoms with E-state index in [1.807, 2.05) is 4.98 Å². The Morgan fingerprint density at radius 3 is 2.47 bits per heavy atom. The van der Waals surface area contributed by atoms with Gasteiger partial charge in [-0.3, -0.25) is 18.9 Å². The van der Waals surface area contributed by atoms with Crippen molar-refractivity contribution in [3.8, 4) is 0 Å². The molecule has 1 unspecified atom stereocenters. The fourth-order valence-electron chi connectivity index (χ4n) is 2.48. The van der Waals surface area contributed by atoms with E-state index in [9.17, 15) is 23.8 Å². The molecule has 1 aromatic heterocycles. The van der Waals surface area contributed by atoms with Crippen molar-refractivity contribution in [3.05, 3.63) is 45.8 Å². The first-order valence-electron chi connectivity index (χ1n) is 7.84. The molecule has 0 saturated carbocycles. The van der Waals surface area contributed by atoms with Gasteiger partial charge in [0.25, 0.3) is 5.56 Å². The van der Waals surface area contributed by atoms with Crippen LogP contribution in [0.4, 0.5) is 0 Å². The second-order valence-electron chi connectivity index (χ2n) is 5.71. The van der Waals surface area contributed by atoms with E-state index in [2.05, 4.69) is 20.7 Å². The highest BCUT2D eigenvalue weighted by Crippen LogP contribution is 2.44. The van der Waals surface area contributed by atoms with Crippen LogP contribution in [0.1, 0.15) is 6.23 Å². The molecule has 2 heterocycles. The lowest BCUT2D eigenvalue weighted by Crippen LogP contribution is -2.42. The van der Waals surface area contributed by atoms with Gasteiger partial charge in [-0.1, -0.05) is 6.08 Å². The van der Waals surface area contributed by atoms with E-state index >= 15 is 0 Å². The van der Waals surface area contributed by atoms with E-state index in [1.54, 1.807) is 0 Å². The standard InChI is InChI=1S/C12H18N2O14P2/c1-2-5-24-8-7(16)9(11(27-29(18,19)20)26-28-30(21,22)23)25-10(8)14-4-3-6(15)13-12(14)17/h2-4,7-11,16H,1,5H2,(H,13,15,17)(H2,18,19,20)(H2,21,22,23)/t7-,8+,9-,10+,11?/m0/s1. The lowest BCUT2D eigenvalue weighted by molar-refractivity contribution is -0.339. The Balaban J connectivity index is 2.40. The molecular formula is C12H18N2O14P2. The van der Waals surface area contributed by atoms with Crippen molar-refractivity contribution in [2.24, 2.45) is 0 Å². The predicted octanol–water partition coefficient (Wildman–Crippen LogP) is -2.16. The van der Waals surface area contributed by atoms with Crippen molar-refractivity contribution in [2.45, 2.75) is 30.8 Å². The van der Waals surface area contributed by atoms with Gasteiger partial charge in [-0.15, -0.1) is 11.3 Å². The van der Waals surface area contributed by atoms with Gasteiger partial charge in [0.15, 0.2) is 6.23 Å². The smallest absolute Gasteiger partial charge is 0.387 e. The number of ether oxygens (including phenoxy) is 2. The normalized spacial score (nSPS) is 25.9. The van der Waals surface area contributed by atoms with E-state index in [0.29, 0.717) is 0 Å². The largest absolute Gasteiger partial charge is 0.496 e. The summed E-state index contributed by atoms with van der Waals surface area (Å²) < 4.78 is 41.5. The average Bonchev–Trinajstić information content (AvgIpc) is 2.91. The molecule has 18 heteroatoms. The molecule has 0 aromatic carbocycles. The number of aliphatic hydroxyl groups excluding tert-OH is 1. The topological polar surface area (TPSA) is 236 Å². The molecule has 1 aliphatic rings. The number of hydrogen-bond acceptors (Lipinski definition) is 10. The number of hydrogen-bond donors (Lipinski definition) is 6. The van der Waals surface area contributed by atoms with Gasteiger partial charge in [-0.2, -0.15) is 4.89 Å². The summed E-state index contributed by atoms with van der Waals surface area (Å²) in [5.41, 5.74) is -1.72. The van der Waals surface area contributed by atoms with Crippen LogP contribution < -0.4 is 11.2 Å². The van der Waals surface area contributed by atoms with Crippen LogP contribution >= 0.6 is 15.6 Å². The van der Waals surface area contributed by atoms with Crippen LogP contribution in [-0.2, 0) is 32.7 Å². The third-order valence-corrected chi connectivity index (χ3v) is 4.29. The lowest BCUT2D eigenvalue weighted by atomic mass is 10.1. The number of aromatic amines is 1. The number of aromatic nitrogens is 2. The summed E-state index contributed by atoms with van der Waals surface area (Å²) in [5.74, 6) is 0. The number of rotatable bonds is 10. The third-order valence-electron chi connectivity index (χ3n) is 3.53. The zero-order valence-electron chi connectivity index (χ0n) is 14.8. The molecule has 1 saturated heterocycles. The Morgan fingerprint density at radius 2 is 1.93 bits per heavy atom. The maximum atomic E-state index is 12.1. The Bertz CT molecular complexity index is 949. The highest BCUT2D eigenvalue weighted by molar-refractivity contribution is 7.46. The first-order valence-corrected chi connectivity index (χ1v) is 10.9. The first kappa shape index (κ1) is 24.7. The second-order valence-corrected chi connectivity index (χ2v) is 8.03. The minimum atomic E-state index is -5.35. The summed E-state index contributed by atoms with van der Waals surface area (Å²) in [6.45, 7) is 3.24. The van der Waals surface area contributed by atoms with Crippen molar-refractivity contribution in [1.82, 2.24) is 9.55 Å². The van der Waals surface area contributed by atoms with Crippen LogP contribution in [0.2, 0.25) is 0 Å². The minimum absolute atomic E-state index is 0.170. The summed E-state index contributed by atoms with van der Waals surface area (Å²) in [4.78, 5) is 65.0. The summed E-state index contributed by atoms with van der Waals surface area (Å²) in [6.07, 6.45) is -6.71. The van der Waals surface area contributed by atoms with Gasteiger partial charge in [-0.05, 0) is 0 Å². The summed E-state index contributed by atoms with van der Waals surface area (Å²) in [7, 11) is -10.7. The van der Waals surface area contributed by atoms with Gasteiger partial charge in [-0.25, -0.2) is 13.9 Å². The van der Waals surface area contributed by atoms with E-state index in [0.717, 1.165) is 16.8 Å². The predicted molar refractivity (Wildman–Crippen MR) is 92.3 cm³/mol. The highest BCUT2D eigenvalue weighted by atomic mass is 31.2. The van der Waals surface area contributed by atoms with E-state index < -0.39 is 57.7 Å². The van der Waals surface area contributed by atoms with Crippen molar-refractivity contribution in [3.63, 3.8) is 0 Å². The third kappa shape index (κ3) is 6.75. The number of nitrogens with zero attached hydrogens (tertiary/aromatic N) is 1. The Morgan fingerprint density at radius 1 is 1.27 bits per heavy atom. The number of aliphatic hydroxyl groups is 1. The number of nitrogens with one attached hydrogen (secondary N) is 1. The number of H-pyrrole nitrogens is 1. The molecule has 1 fully saturated rings. The van der Waals surface area contributed by atoms with Crippen LogP contribution in [0.15, 0.2) is 34.5 Å². The molecule has 0 bridgehead atoms. The molecule has 0 amide bonds. The molecule has 16 nitrogen and oxygen atoms in total. The molecular weight excluding hydrogens is 458 g/mol. The van der Waals surface area contributed by atoms with Gasteiger partial charge in [0.05, 0.1) is 6.61 Å². The zero-order valence-corrected chi connectivity index (χ0v) is 16.6. The fraction of sp³-hybridized carbons (Fsp3) is 0.500. The number of phosphoric ester groups is 1. The molecule has 1 aromatic rings. The minimum Gasteiger partial charge on any atom is -0.387 e. The summed E-state index contributed by atoms with van der Waals surface area (Å²) in [5, 5.41) is 10.5. The van der Waals surface area contributed by atoms with E-state index in [1.165, 1.54) is 6.08 Å². The van der Waals surface area contributed by atoms with Gasteiger partial charge in [0.2, 0.25) is 6.29 Å². The number of phosphoric acid groups is 2. The first-order chi connectivity index (χ1) is 13.8. The SMILES string of the molecule is C=CCO[C@@H]1[C@H](O)[C@@H](C(OOP(=O)(O)O)OP(=O)(O)O)O[C@H]1n1ccc(=O)[nH]c1=O. The van der Waals surface area contributed by atoms with Crippen molar-refractivity contribution in [1.29, 1.82) is 0 Å². The lowest BCUT2D eigenvalue weighted by Gasteiger charge is -2.24. The molecule has 1 aliphatic heterocycles. The second kappa shape index (κ2) is 9.74. The Kier molecular flexibility index (Phi) is 8.03. The Hall–Kier alpha value is -1.52. The molecule has 5 atom stereocenters. The van der Waals surface area contributed by atoms with Crippen molar-refractivity contribution < 1.29 is 57.4 Å². The van der Waals surface area contributed by atoms with Gasteiger partial charge in [0, 0.05) is 12.3 Å². The van der Waals surface area contributed by atoms with Gasteiger partial charge >= 0.3 is 21.3 Å². The van der Waals surface area contributed by atoms with Crippen LogP contribution in [0.3, 0.4) is 0 Å². The quantitative estimate of drug-likeness (QED) is 0.0694. The Labute approximate surface area is 166 Å². The zero-order chi connectivity index (χ0) is 22.7. The maximum absolute atomic E-state index is 12.1. The molecule has 30 heavy (non-hydrogen) atoms. The van der Waals surface area contributed by atoms with Crippen LogP contribution in [-0.4, -0.2) is 65.4 Å². The molecule has 170 valence electrons. The molecule has 0 aliphatic carbocycles. The fourth-order valence-corrected chi connectivity index (χ4v) is 3.10. The van der Waals surface area contributed by atoms with E-state index in [-0.39, 0.29) is 6.61 Å².